The highest BCUT2D eigenvalue weighted by Crippen LogP contribution is 2.15. The van der Waals surface area contributed by atoms with Crippen molar-refractivity contribution in [1.29, 1.82) is 0 Å². The summed E-state index contributed by atoms with van der Waals surface area (Å²) in [5.41, 5.74) is 0.446. The van der Waals surface area contributed by atoms with Gasteiger partial charge in [-0.15, -0.1) is 10.2 Å². The van der Waals surface area contributed by atoms with E-state index in [1.54, 1.807) is 36.0 Å². The lowest BCUT2D eigenvalue weighted by Gasteiger charge is -2.07. The highest BCUT2D eigenvalue weighted by atomic mass is 32.2. The molecule has 20 heavy (non-hydrogen) atoms. The van der Waals surface area contributed by atoms with Crippen molar-refractivity contribution in [3.05, 3.63) is 30.1 Å². The summed E-state index contributed by atoms with van der Waals surface area (Å²) >= 11 is 1.58. The van der Waals surface area contributed by atoms with Gasteiger partial charge in [0.2, 0.25) is 0 Å². The number of hydrogen-bond acceptors (Lipinski definition) is 6. The minimum atomic E-state index is -1.45. The first-order chi connectivity index (χ1) is 9.58. The number of hydrogen-bond donors (Lipinski definition) is 2. The number of rotatable bonds is 6. The summed E-state index contributed by atoms with van der Waals surface area (Å²) in [4.78, 5) is 0. The Morgan fingerprint density at radius 1 is 1.25 bits per heavy atom. The first-order valence-corrected chi connectivity index (χ1v) is 7.14. The van der Waals surface area contributed by atoms with Crippen molar-refractivity contribution in [3.8, 4) is 5.75 Å². The van der Waals surface area contributed by atoms with Gasteiger partial charge in [-0.3, -0.25) is 0 Å². The van der Waals surface area contributed by atoms with Crippen LogP contribution in [-0.2, 0) is 7.05 Å². The van der Waals surface area contributed by atoms with Crippen molar-refractivity contribution in [3.63, 3.8) is 0 Å². The fraction of sp³-hybridized carbons (Fsp3) is 0.333. The normalized spacial score (nSPS) is 10.6. The molecule has 2 aromatic rings. The summed E-state index contributed by atoms with van der Waals surface area (Å²) in [7, 11) is 0.482. The minimum absolute atomic E-state index is 0.446. The van der Waals surface area contributed by atoms with Gasteiger partial charge in [-0.2, -0.15) is 0 Å². The van der Waals surface area contributed by atoms with E-state index in [0.29, 0.717) is 17.8 Å². The van der Waals surface area contributed by atoms with Crippen molar-refractivity contribution in [2.45, 2.75) is 12.1 Å². The second kappa shape index (κ2) is 6.78. The van der Waals surface area contributed by atoms with Crippen LogP contribution in [0.15, 0.2) is 29.4 Å². The van der Waals surface area contributed by atoms with Gasteiger partial charge in [-0.05, 0) is 24.5 Å². The highest BCUT2D eigenvalue weighted by molar-refractivity contribution is 7.99. The highest BCUT2D eigenvalue weighted by Gasteiger charge is 2.10. The van der Waals surface area contributed by atoms with Gasteiger partial charge in [0.15, 0.2) is 5.16 Å². The van der Waals surface area contributed by atoms with E-state index in [0.717, 1.165) is 16.7 Å². The van der Waals surface area contributed by atoms with Gasteiger partial charge < -0.3 is 19.4 Å². The van der Waals surface area contributed by atoms with E-state index in [2.05, 4.69) is 10.2 Å². The third-order valence-electron chi connectivity index (χ3n) is 2.81. The SMILES string of the molecule is Cc1nnc(SCCOc2ccc(B(O)O)cc2)n1C. The fourth-order valence-corrected chi connectivity index (χ4v) is 2.32. The Morgan fingerprint density at radius 3 is 2.50 bits per heavy atom. The van der Waals surface area contributed by atoms with E-state index in [-0.39, 0.29) is 0 Å². The average molecular weight is 293 g/mol. The molecule has 0 amide bonds. The molecule has 1 aromatic carbocycles. The zero-order chi connectivity index (χ0) is 14.5. The molecule has 2 rings (SSSR count). The van der Waals surface area contributed by atoms with E-state index in [9.17, 15) is 0 Å². The predicted octanol–water partition coefficient (Wildman–Crippen LogP) is -0.0256. The number of thioether (sulfide) groups is 1. The van der Waals surface area contributed by atoms with Crippen LogP contribution in [0.3, 0.4) is 0 Å². The van der Waals surface area contributed by atoms with E-state index >= 15 is 0 Å². The molecule has 2 N–H and O–H groups in total. The van der Waals surface area contributed by atoms with Gasteiger partial charge in [0.25, 0.3) is 0 Å². The van der Waals surface area contributed by atoms with Crippen LogP contribution in [0.25, 0.3) is 0 Å². The molecule has 0 fully saturated rings. The molecule has 0 bridgehead atoms. The summed E-state index contributed by atoms with van der Waals surface area (Å²) in [6.07, 6.45) is 0. The molecule has 0 radical (unpaired) electrons. The van der Waals surface area contributed by atoms with Crippen LogP contribution in [0.1, 0.15) is 5.82 Å². The lowest BCUT2D eigenvalue weighted by molar-refractivity contribution is 0.344. The van der Waals surface area contributed by atoms with E-state index in [4.69, 9.17) is 14.8 Å². The average Bonchev–Trinajstić information content (AvgIpc) is 2.76. The van der Waals surface area contributed by atoms with Crippen LogP contribution in [0.5, 0.6) is 5.75 Å². The smallest absolute Gasteiger partial charge is 0.488 e. The maximum absolute atomic E-state index is 8.98. The van der Waals surface area contributed by atoms with Crippen molar-refractivity contribution in [1.82, 2.24) is 14.8 Å². The Labute approximate surface area is 121 Å². The topological polar surface area (TPSA) is 80.4 Å². The Balaban J connectivity index is 1.77. The summed E-state index contributed by atoms with van der Waals surface area (Å²) in [6.45, 7) is 2.45. The Bertz CT molecular complexity index is 560. The Morgan fingerprint density at radius 2 is 1.95 bits per heavy atom. The third-order valence-corrected chi connectivity index (χ3v) is 3.80. The molecule has 0 aliphatic heterocycles. The molecular weight excluding hydrogens is 277 g/mol. The first-order valence-electron chi connectivity index (χ1n) is 6.15. The first kappa shape index (κ1) is 14.9. The third kappa shape index (κ3) is 3.75. The fourth-order valence-electron chi connectivity index (χ4n) is 1.54. The molecule has 0 aliphatic carbocycles. The van der Waals surface area contributed by atoms with Crippen LogP contribution in [-0.4, -0.2) is 44.3 Å². The summed E-state index contributed by atoms with van der Waals surface area (Å²) in [6, 6.07) is 6.68. The van der Waals surface area contributed by atoms with Gasteiger partial charge in [0.05, 0.1) is 6.61 Å². The van der Waals surface area contributed by atoms with Crippen molar-refractivity contribution in [2.75, 3.05) is 12.4 Å². The lowest BCUT2D eigenvalue weighted by atomic mass is 9.80. The molecule has 0 aliphatic rings. The molecule has 8 heteroatoms. The number of nitrogens with zero attached hydrogens (tertiary/aromatic N) is 3. The van der Waals surface area contributed by atoms with Crippen LogP contribution >= 0.6 is 11.8 Å². The van der Waals surface area contributed by atoms with E-state index in [1.807, 2.05) is 18.5 Å². The molecule has 0 saturated carbocycles. The zero-order valence-corrected chi connectivity index (χ0v) is 12.2. The van der Waals surface area contributed by atoms with Gasteiger partial charge in [0, 0.05) is 12.8 Å². The largest absolute Gasteiger partial charge is 0.493 e. The molecule has 0 saturated heterocycles. The zero-order valence-electron chi connectivity index (χ0n) is 11.4. The van der Waals surface area contributed by atoms with Crippen LogP contribution < -0.4 is 10.2 Å². The van der Waals surface area contributed by atoms with E-state index in [1.165, 1.54) is 0 Å². The van der Waals surface area contributed by atoms with Crippen LogP contribution in [0.2, 0.25) is 0 Å². The molecule has 1 aromatic heterocycles. The molecule has 0 atom stereocenters. The summed E-state index contributed by atoms with van der Waals surface area (Å²) in [5.74, 6) is 2.34. The van der Waals surface area contributed by atoms with Crippen LogP contribution in [0, 0.1) is 6.92 Å². The molecular formula is C12H16BN3O3S. The van der Waals surface area contributed by atoms with Gasteiger partial charge in [-0.25, -0.2) is 0 Å². The quantitative estimate of drug-likeness (QED) is 0.442. The van der Waals surface area contributed by atoms with Gasteiger partial charge in [-0.1, -0.05) is 23.9 Å². The predicted molar refractivity (Wildman–Crippen MR) is 78.2 cm³/mol. The molecule has 0 spiro atoms. The number of benzene rings is 1. The maximum Gasteiger partial charge on any atom is 0.488 e. The standard InChI is InChI=1S/C12H16BN3O3S/c1-9-14-15-12(16(9)2)20-8-7-19-11-5-3-10(4-6-11)13(17)18/h3-6,17-18H,7-8H2,1-2H3. The monoisotopic (exact) mass is 293 g/mol. The second-order valence-electron chi connectivity index (χ2n) is 4.23. The number of ether oxygens (including phenoxy) is 1. The van der Waals surface area contributed by atoms with Crippen molar-refractivity contribution in [2.24, 2.45) is 7.05 Å². The molecule has 106 valence electrons. The van der Waals surface area contributed by atoms with Crippen molar-refractivity contribution < 1.29 is 14.8 Å². The number of aromatic nitrogens is 3. The number of aryl methyl sites for hydroxylation is 1. The Kier molecular flexibility index (Phi) is 5.05. The van der Waals surface area contributed by atoms with Crippen molar-refractivity contribution >= 4 is 24.3 Å². The van der Waals surface area contributed by atoms with Gasteiger partial charge >= 0.3 is 7.12 Å². The summed E-state index contributed by atoms with van der Waals surface area (Å²) in [5, 5.41) is 26.9. The molecule has 1 heterocycles. The van der Waals surface area contributed by atoms with Gasteiger partial charge in [0.1, 0.15) is 11.6 Å². The maximum atomic E-state index is 8.98. The van der Waals surface area contributed by atoms with E-state index < -0.39 is 7.12 Å². The molecule has 6 nitrogen and oxygen atoms in total. The lowest BCUT2D eigenvalue weighted by Crippen LogP contribution is -2.29. The summed E-state index contributed by atoms with van der Waals surface area (Å²) < 4.78 is 7.50. The van der Waals surface area contributed by atoms with Crippen LogP contribution in [0.4, 0.5) is 0 Å². The minimum Gasteiger partial charge on any atom is -0.493 e. The molecule has 0 unspecified atom stereocenters. The second-order valence-corrected chi connectivity index (χ2v) is 5.29. The Hall–Kier alpha value is -1.51.